The zero-order chi connectivity index (χ0) is 29.2. The van der Waals surface area contributed by atoms with Crippen LogP contribution in [0.5, 0.6) is 0 Å². The number of esters is 1. The first-order valence-corrected chi connectivity index (χ1v) is 16.4. The first-order valence-electron chi connectivity index (χ1n) is 16.4. The minimum Gasteiger partial charge on any atom is -0.463 e. The predicted octanol–water partition coefficient (Wildman–Crippen LogP) is 7.64. The lowest BCUT2D eigenvalue weighted by Gasteiger charge is -2.51. The maximum Gasteiger partial charge on any atom is 0.307 e. The molecule has 2 aliphatic heterocycles. The highest BCUT2D eigenvalue weighted by Gasteiger charge is 2.62. The van der Waals surface area contributed by atoms with Crippen molar-refractivity contribution >= 4 is 11.9 Å². The van der Waals surface area contributed by atoms with Crippen LogP contribution < -0.4 is 10.6 Å². The number of carbonyl (C=O) groups is 2. The summed E-state index contributed by atoms with van der Waals surface area (Å²) in [6.45, 7) is 17.8. The molecule has 0 bridgehead atoms. The van der Waals surface area contributed by atoms with Crippen molar-refractivity contribution in [1.29, 1.82) is 0 Å². The smallest absolute Gasteiger partial charge is 0.307 e. The third-order valence-corrected chi connectivity index (χ3v) is 8.72. The van der Waals surface area contributed by atoms with Crippen LogP contribution in [0.25, 0.3) is 0 Å². The molecule has 2 N–H and O–H groups in total. The summed E-state index contributed by atoms with van der Waals surface area (Å²) in [6.07, 6.45) is 18.0. The van der Waals surface area contributed by atoms with Gasteiger partial charge < -0.3 is 15.0 Å². The van der Waals surface area contributed by atoms with Gasteiger partial charge in [0.15, 0.2) is 0 Å². The Morgan fingerprint density at radius 1 is 0.821 bits per heavy atom. The number of amides is 1. The fourth-order valence-electron chi connectivity index (χ4n) is 7.78. The predicted molar refractivity (Wildman–Crippen MR) is 163 cm³/mol. The van der Waals surface area contributed by atoms with Crippen LogP contribution in [0.3, 0.4) is 0 Å². The van der Waals surface area contributed by atoms with Crippen molar-refractivity contribution in [3.63, 3.8) is 0 Å². The normalized spacial score (nSPS) is 21.8. The molecule has 39 heavy (non-hydrogen) atoms. The Bertz CT molecular complexity index is 741. The van der Waals surface area contributed by atoms with E-state index in [1.807, 2.05) is 11.8 Å². The molecule has 1 unspecified atom stereocenters. The van der Waals surface area contributed by atoms with Crippen molar-refractivity contribution in [3.8, 4) is 0 Å². The molecule has 2 heterocycles. The fraction of sp³-hybridized carbons (Fsp3) is 0.939. The average Bonchev–Trinajstić information content (AvgIpc) is 3.00. The highest BCUT2D eigenvalue weighted by Crippen LogP contribution is 2.45. The molecule has 6 nitrogen and oxygen atoms in total. The van der Waals surface area contributed by atoms with E-state index in [0.717, 1.165) is 51.4 Å². The lowest BCUT2D eigenvalue weighted by atomic mass is 9.70. The highest BCUT2D eigenvalue weighted by atomic mass is 16.5. The van der Waals surface area contributed by atoms with Gasteiger partial charge in [0.25, 0.3) is 0 Å². The molecule has 0 aromatic heterocycles. The number of hydrogen-bond donors (Lipinski definition) is 2. The van der Waals surface area contributed by atoms with Crippen LogP contribution in [0.1, 0.15) is 165 Å². The summed E-state index contributed by atoms with van der Waals surface area (Å²) in [5.74, 6) is -0.0114. The lowest BCUT2D eigenvalue weighted by Crippen LogP contribution is -2.69. The van der Waals surface area contributed by atoms with E-state index in [9.17, 15) is 9.59 Å². The number of piperidine rings is 1. The Balaban J connectivity index is 1.93. The minimum absolute atomic E-state index is 0.0668. The van der Waals surface area contributed by atoms with Crippen LogP contribution in [0.15, 0.2) is 0 Å². The van der Waals surface area contributed by atoms with Crippen LogP contribution in [0, 0.1) is 0 Å². The number of hydrogen-bond acceptors (Lipinski definition) is 5. The van der Waals surface area contributed by atoms with Crippen molar-refractivity contribution in [2.24, 2.45) is 0 Å². The molecule has 228 valence electrons. The Morgan fingerprint density at radius 2 is 1.33 bits per heavy atom. The molecule has 0 aromatic rings. The molecular formula is C33H63N3O3. The third kappa shape index (κ3) is 10.0. The zero-order valence-electron chi connectivity index (χ0n) is 27.0. The van der Waals surface area contributed by atoms with E-state index in [1.54, 1.807) is 0 Å². The Hall–Kier alpha value is -1.14. The van der Waals surface area contributed by atoms with Gasteiger partial charge in [-0.1, -0.05) is 85.0 Å². The van der Waals surface area contributed by atoms with Crippen LogP contribution in [0.2, 0.25) is 0 Å². The van der Waals surface area contributed by atoms with E-state index in [2.05, 4.69) is 59.1 Å². The topological polar surface area (TPSA) is 70.7 Å². The van der Waals surface area contributed by atoms with E-state index in [0.29, 0.717) is 6.54 Å². The molecule has 0 radical (unpaired) electrons. The molecule has 2 rings (SSSR count). The van der Waals surface area contributed by atoms with Gasteiger partial charge in [0.1, 0.15) is 5.54 Å². The molecule has 2 saturated heterocycles. The average molecular weight is 550 g/mol. The van der Waals surface area contributed by atoms with E-state index >= 15 is 0 Å². The van der Waals surface area contributed by atoms with Gasteiger partial charge in [-0.05, 0) is 73.1 Å². The first kappa shape index (κ1) is 34.1. The Morgan fingerprint density at radius 3 is 1.85 bits per heavy atom. The maximum absolute atomic E-state index is 14.2. The fourth-order valence-corrected chi connectivity index (χ4v) is 7.78. The number of ether oxygens (including phenoxy) is 1. The Kier molecular flexibility index (Phi) is 13.3. The molecule has 1 atom stereocenters. The van der Waals surface area contributed by atoms with Gasteiger partial charge in [0.2, 0.25) is 5.91 Å². The second-order valence-electron chi connectivity index (χ2n) is 14.1. The monoisotopic (exact) mass is 549 g/mol. The van der Waals surface area contributed by atoms with Gasteiger partial charge in [-0.3, -0.25) is 14.9 Å². The SMILES string of the molecule is CCCCCCCCCCCC(C)OC(=O)CCN1C(=O)C2(CC(C)(C)NC(C)(C)C2)NC1(CCC)CCC. The van der Waals surface area contributed by atoms with Crippen LogP contribution in [0.4, 0.5) is 0 Å². The van der Waals surface area contributed by atoms with Crippen molar-refractivity contribution in [1.82, 2.24) is 15.5 Å². The van der Waals surface area contributed by atoms with E-state index in [4.69, 9.17) is 4.74 Å². The zero-order valence-corrected chi connectivity index (χ0v) is 27.0. The van der Waals surface area contributed by atoms with E-state index in [-0.39, 0.29) is 35.5 Å². The van der Waals surface area contributed by atoms with Gasteiger partial charge in [-0.2, -0.15) is 0 Å². The van der Waals surface area contributed by atoms with Gasteiger partial charge >= 0.3 is 5.97 Å². The molecule has 1 spiro atoms. The van der Waals surface area contributed by atoms with Gasteiger partial charge in [-0.15, -0.1) is 0 Å². The minimum atomic E-state index is -0.601. The molecule has 2 fully saturated rings. The van der Waals surface area contributed by atoms with E-state index in [1.165, 1.54) is 51.4 Å². The highest BCUT2D eigenvalue weighted by molar-refractivity contribution is 5.90. The summed E-state index contributed by atoms with van der Waals surface area (Å²) < 4.78 is 5.80. The van der Waals surface area contributed by atoms with Crippen molar-refractivity contribution < 1.29 is 14.3 Å². The van der Waals surface area contributed by atoms with Gasteiger partial charge in [0.05, 0.1) is 18.2 Å². The number of rotatable bonds is 18. The first-order chi connectivity index (χ1) is 18.3. The molecular weight excluding hydrogens is 486 g/mol. The van der Waals surface area contributed by atoms with Crippen molar-refractivity contribution in [2.45, 2.75) is 193 Å². The third-order valence-electron chi connectivity index (χ3n) is 8.72. The van der Waals surface area contributed by atoms with Gasteiger partial charge in [-0.25, -0.2) is 0 Å². The summed E-state index contributed by atoms with van der Waals surface area (Å²) in [5.41, 5.74) is -1.32. The second-order valence-corrected chi connectivity index (χ2v) is 14.1. The molecule has 6 heteroatoms. The summed E-state index contributed by atoms with van der Waals surface area (Å²) in [5, 5.41) is 7.68. The number of nitrogens with one attached hydrogen (secondary N) is 2. The molecule has 0 aromatic carbocycles. The van der Waals surface area contributed by atoms with Crippen LogP contribution in [-0.2, 0) is 14.3 Å². The molecule has 0 saturated carbocycles. The summed E-state index contributed by atoms with van der Waals surface area (Å²) in [4.78, 5) is 29.2. The summed E-state index contributed by atoms with van der Waals surface area (Å²) >= 11 is 0. The standard InChI is InChI=1S/C33H63N3O3/c1-9-12-13-14-15-16-17-18-19-20-27(4)39-28(37)21-24-36-29(38)32(35-33(36,22-10-2)23-11-3)25-30(5,6)34-31(7,8)26-32/h27,34-35H,9-26H2,1-8H3. The number of nitrogens with zero attached hydrogens (tertiary/aromatic N) is 1. The lowest BCUT2D eigenvalue weighted by molar-refractivity contribution is -0.150. The van der Waals surface area contributed by atoms with Crippen LogP contribution >= 0.6 is 0 Å². The quantitative estimate of drug-likeness (QED) is 0.136. The molecule has 1 amide bonds. The van der Waals surface area contributed by atoms with Crippen LogP contribution in [-0.4, -0.2) is 51.7 Å². The maximum atomic E-state index is 14.2. The van der Waals surface area contributed by atoms with Crippen molar-refractivity contribution in [3.05, 3.63) is 0 Å². The summed E-state index contributed by atoms with van der Waals surface area (Å²) in [7, 11) is 0. The van der Waals surface area contributed by atoms with Gasteiger partial charge in [0, 0.05) is 17.6 Å². The number of unbranched alkanes of at least 4 members (excludes halogenated alkanes) is 8. The number of carbonyl (C=O) groups excluding carboxylic acids is 2. The second kappa shape index (κ2) is 15.2. The Labute approximate surface area is 241 Å². The van der Waals surface area contributed by atoms with Crippen molar-refractivity contribution in [2.75, 3.05) is 6.54 Å². The largest absolute Gasteiger partial charge is 0.463 e. The van der Waals surface area contributed by atoms with E-state index < -0.39 is 11.2 Å². The molecule has 2 aliphatic rings. The summed E-state index contributed by atoms with van der Waals surface area (Å²) in [6, 6.07) is 0. The molecule has 0 aliphatic carbocycles.